The highest BCUT2D eigenvalue weighted by molar-refractivity contribution is 7.89. The lowest BCUT2D eigenvalue weighted by atomic mass is 9.44. The molecule has 1 amide bonds. The maximum Gasteiger partial charge on any atom is 0.229 e. The van der Waals surface area contributed by atoms with Crippen LogP contribution in [0.25, 0.3) is 11.1 Å². The predicted octanol–water partition coefficient (Wildman–Crippen LogP) is 3.57. The molecule has 0 spiro atoms. The maximum atomic E-state index is 15.5. The van der Waals surface area contributed by atoms with Crippen molar-refractivity contribution in [1.29, 1.82) is 0 Å². The van der Waals surface area contributed by atoms with Crippen molar-refractivity contribution >= 4 is 15.9 Å². The van der Waals surface area contributed by atoms with Crippen LogP contribution in [0.1, 0.15) is 24.8 Å². The van der Waals surface area contributed by atoms with E-state index in [4.69, 9.17) is 5.14 Å². The number of nitrogens with two attached hydrogens (primary N) is 1. The molecule has 4 aliphatic rings. The number of halogens is 4. The number of carbonyl (C=O) groups excluding carboxylic acids is 1. The zero-order valence-electron chi connectivity index (χ0n) is 18.2. The average Bonchev–Trinajstić information content (AvgIpc) is 2.98. The second kappa shape index (κ2) is 8.05. The van der Waals surface area contributed by atoms with Crippen molar-refractivity contribution in [2.45, 2.75) is 37.9 Å². The number of nitrogens with zero attached hydrogens (tertiary/aromatic N) is 1. The molecule has 10 heteroatoms. The fourth-order valence-corrected chi connectivity index (χ4v) is 6.80. The number of primary sulfonamides is 1. The van der Waals surface area contributed by atoms with E-state index in [1.165, 1.54) is 35.2 Å². The molecule has 0 radical (unpaired) electrons. The van der Waals surface area contributed by atoms with Gasteiger partial charge in [0.1, 0.15) is 12.0 Å². The van der Waals surface area contributed by atoms with Crippen LogP contribution in [0.2, 0.25) is 0 Å². The van der Waals surface area contributed by atoms with Crippen molar-refractivity contribution in [3.05, 3.63) is 59.4 Å². The Hall–Kier alpha value is -2.46. The molecule has 6 rings (SSSR count). The zero-order valence-corrected chi connectivity index (χ0v) is 19.0. The van der Waals surface area contributed by atoms with E-state index in [2.05, 4.69) is 0 Å². The molecule has 1 aliphatic heterocycles. The molecule has 4 fully saturated rings. The summed E-state index contributed by atoms with van der Waals surface area (Å²) in [5.74, 6) is -4.69. The fraction of sp³-hybridized carbons (Fsp3) is 0.458. The minimum Gasteiger partial charge on any atom is -0.336 e. The molecule has 3 atom stereocenters. The van der Waals surface area contributed by atoms with Gasteiger partial charge in [-0.3, -0.25) is 4.79 Å². The van der Waals surface area contributed by atoms with Gasteiger partial charge in [0.15, 0.2) is 11.6 Å². The van der Waals surface area contributed by atoms with Crippen LogP contribution < -0.4 is 5.14 Å². The van der Waals surface area contributed by atoms with E-state index >= 15 is 8.78 Å². The van der Waals surface area contributed by atoms with Crippen molar-refractivity contribution in [1.82, 2.24) is 4.90 Å². The Kier molecular flexibility index (Phi) is 5.51. The second-order valence-electron chi connectivity index (χ2n) is 9.88. The summed E-state index contributed by atoms with van der Waals surface area (Å²) in [7, 11) is -4.07. The van der Waals surface area contributed by atoms with Gasteiger partial charge < -0.3 is 4.90 Å². The minimum atomic E-state index is -4.07. The second-order valence-corrected chi connectivity index (χ2v) is 11.5. The minimum absolute atomic E-state index is 0.0510. The van der Waals surface area contributed by atoms with Crippen molar-refractivity contribution < 1.29 is 30.8 Å². The van der Waals surface area contributed by atoms with Crippen LogP contribution in [-0.4, -0.2) is 43.7 Å². The number of hydrogen-bond acceptors (Lipinski definition) is 3. The summed E-state index contributed by atoms with van der Waals surface area (Å²) in [6, 6.07) is 6.67. The molecule has 1 heterocycles. The number of alkyl halides is 1. The Morgan fingerprint density at radius 2 is 1.65 bits per heavy atom. The van der Waals surface area contributed by atoms with Crippen LogP contribution in [0.15, 0.2) is 36.4 Å². The third kappa shape index (κ3) is 3.80. The van der Waals surface area contributed by atoms with E-state index < -0.39 is 56.8 Å². The Morgan fingerprint density at radius 3 is 2.24 bits per heavy atom. The zero-order chi connectivity index (χ0) is 24.4. The first-order valence-corrected chi connectivity index (χ1v) is 12.9. The standard InChI is InChI=1S/C24H24F4N2O3S/c25-18-6-2-5-16(22(18)28)15-4-1-3-14(21(15)27)7-20-17(12-34(29,32)33)19(26)11-30(20)23(31)24-8-13(9-24)10-24/h1-6,13,17,19-20H,7-12H2,(H2,29,32,33)/t13?,17-,19+,20-,24?/m0/s1. The monoisotopic (exact) mass is 496 g/mol. The van der Waals surface area contributed by atoms with Gasteiger partial charge in [0, 0.05) is 23.1 Å². The van der Waals surface area contributed by atoms with Gasteiger partial charge in [-0.25, -0.2) is 31.1 Å². The van der Waals surface area contributed by atoms with Gasteiger partial charge in [-0.1, -0.05) is 30.3 Å². The fourth-order valence-electron chi connectivity index (χ4n) is 5.84. The molecule has 2 N–H and O–H groups in total. The molecule has 5 nitrogen and oxygen atoms in total. The van der Waals surface area contributed by atoms with E-state index in [0.29, 0.717) is 5.92 Å². The molecule has 3 aliphatic carbocycles. The van der Waals surface area contributed by atoms with E-state index in [-0.39, 0.29) is 35.6 Å². The molecule has 182 valence electrons. The maximum absolute atomic E-state index is 15.5. The van der Waals surface area contributed by atoms with Crippen LogP contribution in [0.5, 0.6) is 0 Å². The third-order valence-corrected chi connectivity index (χ3v) is 8.51. The quantitative estimate of drug-likeness (QED) is 0.621. The number of likely N-dealkylation sites (tertiary alicyclic amines) is 1. The van der Waals surface area contributed by atoms with Gasteiger partial charge in [-0.05, 0) is 43.2 Å². The smallest absolute Gasteiger partial charge is 0.229 e. The first-order chi connectivity index (χ1) is 16.0. The highest BCUT2D eigenvalue weighted by atomic mass is 32.2. The van der Waals surface area contributed by atoms with Crippen molar-refractivity contribution in [2.24, 2.45) is 22.4 Å². The topological polar surface area (TPSA) is 80.5 Å². The van der Waals surface area contributed by atoms with Gasteiger partial charge in [0.25, 0.3) is 0 Å². The number of benzene rings is 2. The number of rotatable bonds is 6. The molecule has 0 aromatic heterocycles. The number of sulfonamides is 1. The lowest BCUT2D eigenvalue weighted by molar-refractivity contribution is -0.178. The SMILES string of the molecule is NS(=O)(=O)C[C@H]1[C@H](F)CN(C(=O)C23CC(C2)C3)[C@H]1Cc1cccc(-c2cccc(F)c2F)c1F. The van der Waals surface area contributed by atoms with Gasteiger partial charge in [0.2, 0.25) is 15.9 Å². The van der Waals surface area contributed by atoms with Crippen LogP contribution in [0, 0.1) is 34.7 Å². The van der Waals surface area contributed by atoms with Gasteiger partial charge in [0.05, 0.1) is 17.7 Å². The van der Waals surface area contributed by atoms with Gasteiger partial charge in [-0.2, -0.15) is 0 Å². The lowest BCUT2D eigenvalue weighted by Crippen LogP contribution is -2.62. The number of amides is 1. The molecule has 34 heavy (non-hydrogen) atoms. The summed E-state index contributed by atoms with van der Waals surface area (Å²) in [4.78, 5) is 14.6. The van der Waals surface area contributed by atoms with E-state index in [1.807, 2.05) is 0 Å². The number of hydrogen-bond donors (Lipinski definition) is 1. The number of carbonyl (C=O) groups is 1. The highest BCUT2D eigenvalue weighted by Gasteiger charge is 2.64. The molecular formula is C24H24F4N2O3S. The molecule has 3 saturated carbocycles. The van der Waals surface area contributed by atoms with Crippen molar-refractivity contribution in [3.8, 4) is 11.1 Å². The van der Waals surface area contributed by atoms with Crippen LogP contribution >= 0.6 is 0 Å². The Balaban J connectivity index is 1.50. The molecule has 0 unspecified atom stereocenters. The molecule has 2 bridgehead atoms. The van der Waals surface area contributed by atoms with Crippen LogP contribution in [0.3, 0.4) is 0 Å². The summed E-state index contributed by atoms with van der Waals surface area (Å²) in [5, 5.41) is 5.20. The molecule has 2 aromatic carbocycles. The summed E-state index contributed by atoms with van der Waals surface area (Å²) >= 11 is 0. The summed E-state index contributed by atoms with van der Waals surface area (Å²) in [6.45, 7) is -0.282. The van der Waals surface area contributed by atoms with Crippen LogP contribution in [0.4, 0.5) is 17.6 Å². The first-order valence-electron chi connectivity index (χ1n) is 11.2. The summed E-state index contributed by atoms with van der Waals surface area (Å²) in [6.07, 6.45) is 0.381. The summed E-state index contributed by atoms with van der Waals surface area (Å²) in [5.41, 5.74) is -0.916. The van der Waals surface area contributed by atoms with E-state index in [9.17, 15) is 22.0 Å². The first kappa shape index (κ1) is 23.3. The predicted molar refractivity (Wildman–Crippen MR) is 117 cm³/mol. The normalized spacial score (nSPS) is 30.1. The highest BCUT2D eigenvalue weighted by Crippen LogP contribution is 2.65. The Morgan fingerprint density at radius 1 is 1.03 bits per heavy atom. The molecule has 1 saturated heterocycles. The molecule has 2 aromatic rings. The molecular weight excluding hydrogens is 472 g/mol. The van der Waals surface area contributed by atoms with Crippen LogP contribution in [-0.2, 0) is 21.2 Å². The van der Waals surface area contributed by atoms with E-state index in [0.717, 1.165) is 25.3 Å². The Bertz CT molecular complexity index is 1250. The average molecular weight is 497 g/mol. The van der Waals surface area contributed by atoms with Crippen molar-refractivity contribution in [2.75, 3.05) is 12.3 Å². The van der Waals surface area contributed by atoms with Gasteiger partial charge in [-0.15, -0.1) is 0 Å². The summed E-state index contributed by atoms with van der Waals surface area (Å²) < 4.78 is 82.2. The van der Waals surface area contributed by atoms with E-state index in [1.54, 1.807) is 0 Å². The van der Waals surface area contributed by atoms with Gasteiger partial charge >= 0.3 is 0 Å². The third-order valence-electron chi connectivity index (χ3n) is 7.66. The Labute approximate surface area is 195 Å². The van der Waals surface area contributed by atoms with Crippen molar-refractivity contribution in [3.63, 3.8) is 0 Å². The lowest BCUT2D eigenvalue weighted by Gasteiger charge is -2.61. The largest absolute Gasteiger partial charge is 0.336 e.